The third-order valence-corrected chi connectivity index (χ3v) is 3.24. The maximum atomic E-state index is 12.5. The van der Waals surface area contributed by atoms with Crippen molar-refractivity contribution in [3.8, 4) is 5.75 Å². The first kappa shape index (κ1) is 16.5. The fraction of sp³-hybridized carbons (Fsp3) is 0.562. The summed E-state index contributed by atoms with van der Waals surface area (Å²) in [6, 6.07) is 6.87. The summed E-state index contributed by atoms with van der Waals surface area (Å²) in [7, 11) is 3.30. The first-order chi connectivity index (χ1) is 9.28. The number of ether oxygens (including phenoxy) is 1. The zero-order chi connectivity index (χ0) is 15.3. The van der Waals surface area contributed by atoms with E-state index in [1.165, 1.54) is 0 Å². The van der Waals surface area contributed by atoms with Gasteiger partial charge in [-0.05, 0) is 30.0 Å². The summed E-state index contributed by atoms with van der Waals surface area (Å²) < 4.78 is 5.13. The minimum absolute atomic E-state index is 0.0382. The van der Waals surface area contributed by atoms with Crippen LogP contribution in [-0.4, -0.2) is 42.7 Å². The quantitative estimate of drug-likeness (QED) is 0.901. The summed E-state index contributed by atoms with van der Waals surface area (Å²) in [6.07, 6.45) is 0.746. The summed E-state index contributed by atoms with van der Waals surface area (Å²) >= 11 is 0. The van der Waals surface area contributed by atoms with Crippen molar-refractivity contribution >= 4 is 5.91 Å². The molecule has 1 aromatic rings. The summed E-state index contributed by atoms with van der Waals surface area (Å²) in [5.41, 5.74) is 0.621. The van der Waals surface area contributed by atoms with Crippen LogP contribution < -0.4 is 4.74 Å². The molecule has 0 radical (unpaired) electrons. The van der Waals surface area contributed by atoms with E-state index in [1.807, 2.05) is 0 Å². The number of aliphatic hydroxyl groups excluding tert-OH is 1. The molecule has 4 heteroatoms. The third-order valence-electron chi connectivity index (χ3n) is 3.24. The molecule has 112 valence electrons. The molecule has 1 unspecified atom stereocenters. The third kappa shape index (κ3) is 4.53. The number of hydrogen-bond donors (Lipinski definition) is 1. The van der Waals surface area contributed by atoms with Crippen LogP contribution in [-0.2, 0) is 0 Å². The lowest BCUT2D eigenvalue weighted by Crippen LogP contribution is -2.41. The second kappa shape index (κ2) is 6.75. The fourth-order valence-corrected chi connectivity index (χ4v) is 2.16. The summed E-state index contributed by atoms with van der Waals surface area (Å²) in [5.74, 6) is 0.549. The van der Waals surface area contributed by atoms with Crippen LogP contribution in [0.4, 0.5) is 0 Å². The molecule has 0 aromatic heterocycles. The van der Waals surface area contributed by atoms with Gasteiger partial charge in [0.05, 0.1) is 19.8 Å². The van der Waals surface area contributed by atoms with Crippen molar-refractivity contribution < 1.29 is 14.6 Å². The lowest BCUT2D eigenvalue weighted by molar-refractivity contribution is 0.0593. The van der Waals surface area contributed by atoms with Crippen LogP contribution in [0.3, 0.4) is 0 Å². The molecule has 0 heterocycles. The van der Waals surface area contributed by atoms with Gasteiger partial charge in [-0.15, -0.1) is 0 Å². The maximum absolute atomic E-state index is 12.5. The van der Waals surface area contributed by atoms with Crippen LogP contribution in [0, 0.1) is 5.41 Å². The molecule has 1 rings (SSSR count). The van der Waals surface area contributed by atoms with Gasteiger partial charge in [-0.2, -0.15) is 0 Å². The minimum Gasteiger partial charge on any atom is -0.497 e. The SMILES string of the molecule is COc1cccc(C(=O)N(C)C(CO)CC(C)(C)C)c1. The van der Waals surface area contributed by atoms with Gasteiger partial charge < -0.3 is 14.7 Å². The number of hydrogen-bond acceptors (Lipinski definition) is 3. The Bertz CT molecular complexity index is 451. The second-order valence-corrected chi connectivity index (χ2v) is 6.25. The second-order valence-electron chi connectivity index (χ2n) is 6.25. The molecule has 1 N–H and O–H groups in total. The predicted octanol–water partition coefficient (Wildman–Crippen LogP) is 2.56. The Morgan fingerprint density at radius 1 is 1.40 bits per heavy atom. The normalized spacial score (nSPS) is 12.9. The van der Waals surface area contributed by atoms with Gasteiger partial charge in [0.1, 0.15) is 5.75 Å². The number of amides is 1. The Morgan fingerprint density at radius 3 is 2.55 bits per heavy atom. The maximum Gasteiger partial charge on any atom is 0.254 e. The van der Waals surface area contributed by atoms with Gasteiger partial charge in [0, 0.05) is 12.6 Å². The highest BCUT2D eigenvalue weighted by Crippen LogP contribution is 2.24. The van der Waals surface area contributed by atoms with E-state index >= 15 is 0 Å². The van der Waals surface area contributed by atoms with Gasteiger partial charge in [-0.1, -0.05) is 26.8 Å². The highest BCUT2D eigenvalue weighted by molar-refractivity contribution is 5.94. The van der Waals surface area contributed by atoms with E-state index in [4.69, 9.17) is 4.74 Å². The monoisotopic (exact) mass is 279 g/mol. The molecule has 0 fully saturated rings. The number of nitrogens with zero attached hydrogens (tertiary/aromatic N) is 1. The van der Waals surface area contributed by atoms with E-state index in [9.17, 15) is 9.90 Å². The fourth-order valence-electron chi connectivity index (χ4n) is 2.16. The van der Waals surface area contributed by atoms with Crippen LogP contribution in [0.15, 0.2) is 24.3 Å². The van der Waals surface area contributed by atoms with Crippen molar-refractivity contribution in [3.63, 3.8) is 0 Å². The van der Waals surface area contributed by atoms with E-state index in [0.717, 1.165) is 6.42 Å². The Hall–Kier alpha value is -1.55. The van der Waals surface area contributed by atoms with Gasteiger partial charge in [0.25, 0.3) is 5.91 Å². The van der Waals surface area contributed by atoms with E-state index in [0.29, 0.717) is 11.3 Å². The van der Waals surface area contributed by atoms with Crippen LogP contribution in [0.1, 0.15) is 37.6 Å². The average molecular weight is 279 g/mol. The molecule has 0 saturated carbocycles. The Balaban J connectivity index is 2.88. The Morgan fingerprint density at radius 2 is 2.05 bits per heavy atom. The van der Waals surface area contributed by atoms with Gasteiger partial charge in [0.2, 0.25) is 0 Å². The molecule has 0 saturated heterocycles. The van der Waals surface area contributed by atoms with Crippen LogP contribution >= 0.6 is 0 Å². The number of carbonyl (C=O) groups excluding carboxylic acids is 1. The molecule has 1 aromatic carbocycles. The molecule has 0 bridgehead atoms. The van der Waals surface area contributed by atoms with Crippen LogP contribution in [0.5, 0.6) is 5.75 Å². The first-order valence-corrected chi connectivity index (χ1v) is 6.80. The average Bonchev–Trinajstić information content (AvgIpc) is 2.42. The Labute approximate surface area is 121 Å². The molecule has 1 atom stereocenters. The molecule has 20 heavy (non-hydrogen) atoms. The van der Waals surface area contributed by atoms with Crippen molar-refractivity contribution in [2.75, 3.05) is 20.8 Å². The van der Waals surface area contributed by atoms with Crippen molar-refractivity contribution in [1.82, 2.24) is 4.90 Å². The van der Waals surface area contributed by atoms with E-state index in [-0.39, 0.29) is 24.0 Å². The molecule has 0 aliphatic heterocycles. The van der Waals surface area contributed by atoms with Crippen LogP contribution in [0.25, 0.3) is 0 Å². The zero-order valence-corrected chi connectivity index (χ0v) is 13.0. The zero-order valence-electron chi connectivity index (χ0n) is 13.0. The standard InChI is InChI=1S/C16H25NO3/c1-16(2,3)10-13(11-18)17(4)15(19)12-7-6-8-14(9-12)20-5/h6-9,13,18H,10-11H2,1-5H3. The molecular formula is C16H25NO3. The molecular weight excluding hydrogens is 254 g/mol. The van der Waals surface area contributed by atoms with E-state index < -0.39 is 0 Å². The topological polar surface area (TPSA) is 49.8 Å². The van der Waals surface area contributed by atoms with Gasteiger partial charge in [-0.3, -0.25) is 4.79 Å². The molecule has 0 spiro atoms. The van der Waals surface area contributed by atoms with Crippen molar-refractivity contribution in [3.05, 3.63) is 29.8 Å². The number of carbonyl (C=O) groups is 1. The smallest absolute Gasteiger partial charge is 0.254 e. The van der Waals surface area contributed by atoms with Crippen molar-refractivity contribution in [2.45, 2.75) is 33.2 Å². The minimum atomic E-state index is -0.186. The number of rotatable bonds is 5. The van der Waals surface area contributed by atoms with Crippen molar-refractivity contribution in [2.24, 2.45) is 5.41 Å². The van der Waals surface area contributed by atoms with Crippen molar-refractivity contribution in [1.29, 1.82) is 0 Å². The summed E-state index contributed by atoms with van der Waals surface area (Å²) in [6.45, 7) is 6.25. The lowest BCUT2D eigenvalue weighted by Gasteiger charge is -2.32. The molecule has 1 amide bonds. The number of likely N-dealkylation sites (N-methyl/N-ethyl adjacent to an activating group) is 1. The van der Waals surface area contributed by atoms with Gasteiger partial charge in [-0.25, -0.2) is 0 Å². The Kier molecular flexibility index (Phi) is 5.57. The predicted molar refractivity (Wildman–Crippen MR) is 80.0 cm³/mol. The molecule has 4 nitrogen and oxygen atoms in total. The largest absolute Gasteiger partial charge is 0.497 e. The molecule has 0 aliphatic rings. The van der Waals surface area contributed by atoms with E-state index in [2.05, 4.69) is 20.8 Å². The van der Waals surface area contributed by atoms with Gasteiger partial charge in [0.15, 0.2) is 0 Å². The lowest BCUT2D eigenvalue weighted by atomic mass is 9.87. The number of methoxy groups -OCH3 is 1. The number of aliphatic hydroxyl groups is 1. The summed E-state index contributed by atoms with van der Waals surface area (Å²) in [5, 5.41) is 9.54. The first-order valence-electron chi connectivity index (χ1n) is 6.80. The van der Waals surface area contributed by atoms with Crippen LogP contribution in [0.2, 0.25) is 0 Å². The highest BCUT2D eigenvalue weighted by Gasteiger charge is 2.25. The highest BCUT2D eigenvalue weighted by atomic mass is 16.5. The number of benzene rings is 1. The van der Waals surface area contributed by atoms with E-state index in [1.54, 1.807) is 43.3 Å². The molecule has 0 aliphatic carbocycles. The van der Waals surface area contributed by atoms with Gasteiger partial charge >= 0.3 is 0 Å². The summed E-state index contributed by atoms with van der Waals surface area (Å²) in [4.78, 5) is 14.1.